The minimum Gasteiger partial charge on any atom is -0.493 e. The van der Waals surface area contributed by atoms with E-state index >= 15 is 0 Å². The second-order valence-electron chi connectivity index (χ2n) is 3.95. The van der Waals surface area contributed by atoms with Crippen LogP contribution in [0.25, 0.3) is 0 Å². The second-order valence-corrected chi connectivity index (χ2v) is 4.70. The van der Waals surface area contributed by atoms with Crippen molar-refractivity contribution in [3.05, 3.63) is 33.8 Å². The number of hydrogen-bond donors (Lipinski definition) is 1. The molecule has 0 fully saturated rings. The van der Waals surface area contributed by atoms with Crippen LogP contribution in [0.15, 0.2) is 17.0 Å². The molecule has 0 radical (unpaired) electrons. The summed E-state index contributed by atoms with van der Waals surface area (Å²) < 4.78 is 7.23. The number of rotatable bonds is 4. The van der Waals surface area contributed by atoms with Crippen LogP contribution in [-0.4, -0.2) is 23.9 Å². The highest BCUT2D eigenvalue weighted by Crippen LogP contribution is 2.32. The molecule has 0 spiro atoms. The molecular weight excluding hydrogens is 234 g/mol. The van der Waals surface area contributed by atoms with Crippen LogP contribution in [0.5, 0.6) is 5.75 Å². The van der Waals surface area contributed by atoms with Crippen LogP contribution in [0.4, 0.5) is 0 Å². The third-order valence-electron chi connectivity index (χ3n) is 2.94. The molecular formula is C12H17N3OS. The number of ether oxygens (including phenoxy) is 1. The zero-order valence-corrected chi connectivity index (χ0v) is 11.3. The van der Waals surface area contributed by atoms with E-state index in [1.807, 2.05) is 18.8 Å². The molecule has 4 nitrogen and oxygen atoms in total. The number of methoxy groups -OCH3 is 1. The molecule has 1 unspecified atom stereocenters. The third-order valence-corrected chi connectivity index (χ3v) is 3.82. The van der Waals surface area contributed by atoms with Gasteiger partial charge in [0.2, 0.25) is 0 Å². The first kappa shape index (κ1) is 12.1. The topological polar surface area (TPSA) is 39.1 Å². The molecule has 2 aromatic rings. The van der Waals surface area contributed by atoms with Gasteiger partial charge in [0, 0.05) is 7.05 Å². The molecule has 5 heteroatoms. The Bertz CT molecular complexity index is 504. The lowest BCUT2D eigenvalue weighted by Crippen LogP contribution is -2.21. The number of nitrogens with zero attached hydrogens (tertiary/aromatic N) is 2. The Hall–Kier alpha value is -1.33. The van der Waals surface area contributed by atoms with Crippen molar-refractivity contribution in [2.24, 2.45) is 7.05 Å². The van der Waals surface area contributed by atoms with Gasteiger partial charge in [-0.3, -0.25) is 4.68 Å². The summed E-state index contributed by atoms with van der Waals surface area (Å²) in [7, 11) is 5.56. The lowest BCUT2D eigenvalue weighted by Gasteiger charge is -2.18. The molecule has 0 bridgehead atoms. The molecule has 0 aliphatic rings. The third kappa shape index (κ3) is 2.08. The number of hydrogen-bond acceptors (Lipinski definition) is 4. The van der Waals surface area contributed by atoms with Crippen LogP contribution in [0.3, 0.4) is 0 Å². The normalized spacial score (nSPS) is 12.7. The molecule has 92 valence electrons. The van der Waals surface area contributed by atoms with Gasteiger partial charge in [0.05, 0.1) is 19.3 Å². The van der Waals surface area contributed by atoms with Gasteiger partial charge in [-0.1, -0.05) is 0 Å². The Kier molecular flexibility index (Phi) is 3.49. The molecule has 0 aliphatic carbocycles. The molecule has 17 heavy (non-hydrogen) atoms. The Morgan fingerprint density at radius 2 is 2.24 bits per heavy atom. The first-order chi connectivity index (χ1) is 8.19. The predicted octanol–water partition coefficient (Wildman–Crippen LogP) is 2.11. The van der Waals surface area contributed by atoms with E-state index in [0.29, 0.717) is 0 Å². The fraction of sp³-hybridized carbons (Fsp3) is 0.417. The summed E-state index contributed by atoms with van der Waals surface area (Å²) in [5.74, 6) is 0.817. The number of aryl methyl sites for hydroxylation is 2. The largest absolute Gasteiger partial charge is 0.493 e. The maximum atomic E-state index is 5.37. The van der Waals surface area contributed by atoms with Gasteiger partial charge in [0.1, 0.15) is 5.69 Å². The van der Waals surface area contributed by atoms with E-state index in [9.17, 15) is 0 Å². The van der Waals surface area contributed by atoms with Crippen LogP contribution in [0.2, 0.25) is 0 Å². The standard InChI is InChI=1S/C12H17N3OS/c1-8-6-17-7-9(8)11(13-2)12-10(16-4)5-14-15(12)3/h5-7,11,13H,1-4H3. The SMILES string of the molecule is CNC(c1cscc1C)c1c(OC)cnn1C. The Morgan fingerprint density at radius 3 is 2.76 bits per heavy atom. The summed E-state index contributed by atoms with van der Waals surface area (Å²) in [6, 6.07) is 0.115. The average molecular weight is 251 g/mol. The minimum atomic E-state index is 0.115. The number of thiophene rings is 1. The summed E-state index contributed by atoms with van der Waals surface area (Å²) in [4.78, 5) is 0. The number of aromatic nitrogens is 2. The van der Waals surface area contributed by atoms with Crippen LogP contribution >= 0.6 is 11.3 Å². The second kappa shape index (κ2) is 4.89. The Labute approximate surface area is 105 Å². The first-order valence-corrected chi connectivity index (χ1v) is 6.39. The summed E-state index contributed by atoms with van der Waals surface area (Å²) in [5, 5.41) is 11.9. The smallest absolute Gasteiger partial charge is 0.161 e. The van der Waals surface area contributed by atoms with Gasteiger partial charge >= 0.3 is 0 Å². The van der Waals surface area contributed by atoms with Crippen molar-refractivity contribution < 1.29 is 4.74 Å². The van der Waals surface area contributed by atoms with Crippen LogP contribution in [-0.2, 0) is 7.05 Å². The minimum absolute atomic E-state index is 0.115. The lowest BCUT2D eigenvalue weighted by atomic mass is 10.0. The van der Waals surface area contributed by atoms with Crippen LogP contribution < -0.4 is 10.1 Å². The Morgan fingerprint density at radius 1 is 1.47 bits per heavy atom. The summed E-state index contributed by atoms with van der Waals surface area (Å²) in [6.45, 7) is 2.12. The van der Waals surface area contributed by atoms with E-state index in [-0.39, 0.29) is 6.04 Å². The van der Waals surface area contributed by atoms with Gasteiger partial charge < -0.3 is 10.1 Å². The molecule has 0 saturated heterocycles. The Balaban J connectivity index is 2.49. The van der Waals surface area contributed by atoms with E-state index in [4.69, 9.17) is 4.74 Å². The van der Waals surface area contributed by atoms with Crippen molar-refractivity contribution in [1.82, 2.24) is 15.1 Å². The summed E-state index contributed by atoms with van der Waals surface area (Å²) in [5.41, 5.74) is 3.62. The van der Waals surface area contributed by atoms with Gasteiger partial charge in [-0.05, 0) is 35.9 Å². The molecule has 2 heterocycles. The monoisotopic (exact) mass is 251 g/mol. The maximum Gasteiger partial charge on any atom is 0.161 e. The molecule has 0 aromatic carbocycles. The fourth-order valence-electron chi connectivity index (χ4n) is 2.02. The van der Waals surface area contributed by atoms with Gasteiger partial charge in [-0.15, -0.1) is 0 Å². The van der Waals surface area contributed by atoms with Crippen molar-refractivity contribution in [2.45, 2.75) is 13.0 Å². The summed E-state index contributed by atoms with van der Waals surface area (Å²) >= 11 is 1.72. The molecule has 2 rings (SSSR count). The van der Waals surface area contributed by atoms with Crippen molar-refractivity contribution in [2.75, 3.05) is 14.2 Å². The van der Waals surface area contributed by atoms with Gasteiger partial charge in [-0.25, -0.2) is 0 Å². The van der Waals surface area contributed by atoms with Gasteiger partial charge in [0.25, 0.3) is 0 Å². The quantitative estimate of drug-likeness (QED) is 0.904. The molecule has 0 amide bonds. The molecule has 1 N–H and O–H groups in total. The fourth-order valence-corrected chi connectivity index (χ4v) is 2.90. The highest BCUT2D eigenvalue weighted by molar-refractivity contribution is 7.08. The highest BCUT2D eigenvalue weighted by atomic mass is 32.1. The average Bonchev–Trinajstić information content (AvgIpc) is 2.89. The van der Waals surface area contributed by atoms with Gasteiger partial charge in [0.15, 0.2) is 5.75 Å². The van der Waals surface area contributed by atoms with Crippen molar-refractivity contribution >= 4 is 11.3 Å². The lowest BCUT2D eigenvalue weighted by molar-refractivity contribution is 0.402. The summed E-state index contributed by atoms with van der Waals surface area (Å²) in [6.07, 6.45) is 1.75. The van der Waals surface area contributed by atoms with Crippen LogP contribution in [0.1, 0.15) is 22.9 Å². The van der Waals surface area contributed by atoms with Crippen molar-refractivity contribution in [1.29, 1.82) is 0 Å². The highest BCUT2D eigenvalue weighted by Gasteiger charge is 2.22. The van der Waals surface area contributed by atoms with Crippen molar-refractivity contribution in [3.63, 3.8) is 0 Å². The molecule has 0 aliphatic heterocycles. The predicted molar refractivity (Wildman–Crippen MR) is 69.7 cm³/mol. The van der Waals surface area contributed by atoms with E-state index in [1.165, 1.54) is 11.1 Å². The molecule has 1 atom stereocenters. The molecule has 2 aromatic heterocycles. The first-order valence-electron chi connectivity index (χ1n) is 5.44. The van der Waals surface area contributed by atoms with E-state index in [2.05, 4.69) is 28.1 Å². The van der Waals surface area contributed by atoms with Crippen molar-refractivity contribution in [3.8, 4) is 5.75 Å². The maximum absolute atomic E-state index is 5.37. The number of nitrogens with one attached hydrogen (secondary N) is 1. The zero-order chi connectivity index (χ0) is 12.4. The van der Waals surface area contributed by atoms with E-state index < -0.39 is 0 Å². The zero-order valence-electron chi connectivity index (χ0n) is 10.5. The molecule has 0 saturated carbocycles. The van der Waals surface area contributed by atoms with E-state index in [1.54, 1.807) is 24.6 Å². The van der Waals surface area contributed by atoms with E-state index in [0.717, 1.165) is 11.4 Å². The van der Waals surface area contributed by atoms with Gasteiger partial charge in [-0.2, -0.15) is 16.4 Å². The van der Waals surface area contributed by atoms with Crippen LogP contribution in [0, 0.1) is 6.92 Å².